The molecule has 2 aliphatic rings. The molecule has 0 saturated heterocycles. The lowest BCUT2D eigenvalue weighted by atomic mass is 9.81. The lowest BCUT2D eigenvalue weighted by Gasteiger charge is -2.25. The molecule has 1 aromatic rings. The van der Waals surface area contributed by atoms with E-state index in [1.807, 2.05) is 6.07 Å². The minimum atomic E-state index is -0.110. The molecule has 2 nitrogen and oxygen atoms in total. The Balaban J connectivity index is 1.83. The molecule has 1 unspecified atom stereocenters. The van der Waals surface area contributed by atoms with E-state index < -0.39 is 0 Å². The third-order valence-electron chi connectivity index (χ3n) is 3.73. The molecule has 0 saturated carbocycles. The average Bonchev–Trinajstić information content (AvgIpc) is 2.82. The first-order chi connectivity index (χ1) is 8.33. The van der Waals surface area contributed by atoms with E-state index in [-0.39, 0.29) is 5.82 Å². The number of amidine groups is 1. The van der Waals surface area contributed by atoms with E-state index in [2.05, 4.69) is 10.3 Å². The molecule has 3 heteroatoms. The van der Waals surface area contributed by atoms with E-state index in [9.17, 15) is 4.39 Å². The fourth-order valence-electron chi connectivity index (χ4n) is 2.91. The average molecular weight is 232 g/mol. The monoisotopic (exact) mass is 232 g/mol. The molecule has 90 valence electrons. The van der Waals surface area contributed by atoms with Crippen molar-refractivity contribution in [3.63, 3.8) is 0 Å². The molecule has 0 fully saturated rings. The summed E-state index contributed by atoms with van der Waals surface area (Å²) in [4.78, 5) is 4.45. The number of nitrogens with zero attached hydrogens (tertiary/aromatic N) is 1. The number of hydrogen-bond acceptors (Lipinski definition) is 2. The first-order valence-corrected chi connectivity index (χ1v) is 6.38. The van der Waals surface area contributed by atoms with Gasteiger partial charge in [0.25, 0.3) is 0 Å². The molecule has 1 aliphatic heterocycles. The number of halogens is 1. The van der Waals surface area contributed by atoms with Crippen LogP contribution in [0.3, 0.4) is 0 Å². The summed E-state index contributed by atoms with van der Waals surface area (Å²) in [5, 5.41) is 3.32. The lowest BCUT2D eigenvalue weighted by molar-refractivity contribution is 0.555. The molecule has 1 N–H and O–H groups in total. The van der Waals surface area contributed by atoms with Gasteiger partial charge in [-0.05, 0) is 48.4 Å². The van der Waals surface area contributed by atoms with Gasteiger partial charge in [-0.25, -0.2) is 4.39 Å². The zero-order valence-electron chi connectivity index (χ0n) is 9.88. The topological polar surface area (TPSA) is 24.4 Å². The number of fused-ring (bicyclic) bond motifs is 1. The largest absolute Gasteiger partial charge is 0.372 e. The highest BCUT2D eigenvalue weighted by molar-refractivity contribution is 5.84. The normalized spacial score (nSPS) is 22.9. The van der Waals surface area contributed by atoms with Crippen molar-refractivity contribution in [2.45, 2.75) is 31.6 Å². The van der Waals surface area contributed by atoms with Gasteiger partial charge in [-0.1, -0.05) is 6.07 Å². The molecular formula is C14H17FN2. The van der Waals surface area contributed by atoms with Gasteiger partial charge >= 0.3 is 0 Å². The Morgan fingerprint density at radius 2 is 2.35 bits per heavy atom. The van der Waals surface area contributed by atoms with Crippen LogP contribution >= 0.6 is 0 Å². The van der Waals surface area contributed by atoms with Crippen molar-refractivity contribution in [3.05, 3.63) is 35.1 Å². The molecule has 0 aromatic heterocycles. The highest BCUT2D eigenvalue weighted by Gasteiger charge is 2.22. The van der Waals surface area contributed by atoms with E-state index in [0.717, 1.165) is 38.2 Å². The molecule has 17 heavy (non-hydrogen) atoms. The summed E-state index contributed by atoms with van der Waals surface area (Å²) in [6.45, 7) is 1.87. The standard InChI is InChI=1S/C14H17FN2/c15-12-4-5-13-10(8-12)2-1-3-11(13)9-14-16-6-7-17-14/h4-5,8,11H,1-3,6-7,9H2,(H,16,17). The van der Waals surface area contributed by atoms with E-state index in [0.29, 0.717) is 5.92 Å². The summed E-state index contributed by atoms with van der Waals surface area (Å²) in [6, 6.07) is 5.25. The number of aryl methyl sites for hydroxylation is 1. The molecule has 3 rings (SSSR count). The Kier molecular flexibility index (Phi) is 2.83. The van der Waals surface area contributed by atoms with Gasteiger partial charge in [-0.3, -0.25) is 4.99 Å². The Hall–Kier alpha value is -1.38. The van der Waals surface area contributed by atoms with Gasteiger partial charge in [-0.2, -0.15) is 0 Å². The number of benzene rings is 1. The lowest BCUT2D eigenvalue weighted by Crippen LogP contribution is -2.22. The highest BCUT2D eigenvalue weighted by Crippen LogP contribution is 2.34. The Bertz CT molecular complexity index is 454. The van der Waals surface area contributed by atoms with Crippen LogP contribution in [0.25, 0.3) is 0 Å². The van der Waals surface area contributed by atoms with Crippen LogP contribution in [0.1, 0.15) is 36.3 Å². The Morgan fingerprint density at radius 3 is 3.18 bits per heavy atom. The number of rotatable bonds is 2. The Morgan fingerprint density at radius 1 is 1.41 bits per heavy atom. The second-order valence-electron chi connectivity index (χ2n) is 4.89. The SMILES string of the molecule is Fc1ccc2c(c1)CCCC2CC1=NCCN1. The summed E-state index contributed by atoms with van der Waals surface area (Å²) in [5.74, 6) is 1.54. The van der Waals surface area contributed by atoms with E-state index in [1.54, 1.807) is 12.1 Å². The van der Waals surface area contributed by atoms with Gasteiger partial charge in [0.05, 0.1) is 12.4 Å². The maximum absolute atomic E-state index is 13.2. The quantitative estimate of drug-likeness (QED) is 0.833. The molecule has 0 amide bonds. The fourth-order valence-corrected chi connectivity index (χ4v) is 2.91. The molecule has 1 aliphatic carbocycles. The zero-order valence-corrected chi connectivity index (χ0v) is 9.88. The zero-order chi connectivity index (χ0) is 11.7. The Labute approximate surface area is 101 Å². The van der Waals surface area contributed by atoms with Gasteiger partial charge in [-0.15, -0.1) is 0 Å². The highest BCUT2D eigenvalue weighted by atomic mass is 19.1. The maximum atomic E-state index is 13.2. The molecule has 1 heterocycles. The van der Waals surface area contributed by atoms with Gasteiger partial charge in [0.15, 0.2) is 0 Å². The van der Waals surface area contributed by atoms with Gasteiger partial charge in [0, 0.05) is 13.0 Å². The van der Waals surface area contributed by atoms with E-state index in [1.165, 1.54) is 17.5 Å². The smallest absolute Gasteiger partial charge is 0.123 e. The van der Waals surface area contributed by atoms with E-state index in [4.69, 9.17) is 0 Å². The van der Waals surface area contributed by atoms with Crippen LogP contribution < -0.4 is 5.32 Å². The molecule has 1 aromatic carbocycles. The second kappa shape index (κ2) is 4.47. The van der Waals surface area contributed by atoms with Crippen molar-refractivity contribution in [3.8, 4) is 0 Å². The third-order valence-corrected chi connectivity index (χ3v) is 3.73. The predicted molar refractivity (Wildman–Crippen MR) is 67.0 cm³/mol. The summed E-state index contributed by atoms with van der Waals surface area (Å²) in [6.07, 6.45) is 4.36. The van der Waals surface area contributed by atoms with Crippen molar-refractivity contribution < 1.29 is 4.39 Å². The van der Waals surface area contributed by atoms with Crippen LogP contribution in [0.4, 0.5) is 4.39 Å². The maximum Gasteiger partial charge on any atom is 0.123 e. The van der Waals surface area contributed by atoms with Gasteiger partial charge in [0.1, 0.15) is 5.82 Å². The van der Waals surface area contributed by atoms with Crippen LogP contribution in [0, 0.1) is 5.82 Å². The minimum Gasteiger partial charge on any atom is -0.372 e. The summed E-state index contributed by atoms with van der Waals surface area (Å²) >= 11 is 0. The van der Waals surface area contributed by atoms with Crippen LogP contribution in [0.2, 0.25) is 0 Å². The second-order valence-corrected chi connectivity index (χ2v) is 4.89. The molecule has 1 atom stereocenters. The predicted octanol–water partition coefficient (Wildman–Crippen LogP) is 2.64. The van der Waals surface area contributed by atoms with Crippen LogP contribution in [-0.4, -0.2) is 18.9 Å². The number of aliphatic imine (C=N–C) groups is 1. The number of hydrogen-bond donors (Lipinski definition) is 1. The first kappa shape index (κ1) is 10.8. The van der Waals surface area contributed by atoms with Crippen molar-refractivity contribution in [1.29, 1.82) is 0 Å². The molecule has 0 radical (unpaired) electrons. The van der Waals surface area contributed by atoms with Gasteiger partial charge in [0.2, 0.25) is 0 Å². The summed E-state index contributed by atoms with van der Waals surface area (Å²) in [5.41, 5.74) is 2.52. The van der Waals surface area contributed by atoms with Crippen molar-refractivity contribution in [2.75, 3.05) is 13.1 Å². The molecule has 0 spiro atoms. The van der Waals surface area contributed by atoms with Crippen molar-refractivity contribution in [2.24, 2.45) is 4.99 Å². The summed E-state index contributed by atoms with van der Waals surface area (Å²) < 4.78 is 13.2. The minimum absolute atomic E-state index is 0.110. The van der Waals surface area contributed by atoms with Crippen LogP contribution in [0.15, 0.2) is 23.2 Å². The van der Waals surface area contributed by atoms with Crippen LogP contribution in [0.5, 0.6) is 0 Å². The number of nitrogens with one attached hydrogen (secondary N) is 1. The molecular weight excluding hydrogens is 215 g/mol. The first-order valence-electron chi connectivity index (χ1n) is 6.38. The molecule has 0 bridgehead atoms. The van der Waals surface area contributed by atoms with Crippen molar-refractivity contribution >= 4 is 5.84 Å². The van der Waals surface area contributed by atoms with Crippen molar-refractivity contribution in [1.82, 2.24) is 5.32 Å². The summed E-state index contributed by atoms with van der Waals surface area (Å²) in [7, 11) is 0. The van der Waals surface area contributed by atoms with Gasteiger partial charge < -0.3 is 5.32 Å². The van der Waals surface area contributed by atoms with Crippen LogP contribution in [-0.2, 0) is 6.42 Å². The van der Waals surface area contributed by atoms with E-state index >= 15 is 0 Å². The fraction of sp³-hybridized carbons (Fsp3) is 0.500. The third kappa shape index (κ3) is 2.19.